The summed E-state index contributed by atoms with van der Waals surface area (Å²) in [5.41, 5.74) is 0.250. The maximum absolute atomic E-state index is 14.0. The Morgan fingerprint density at radius 2 is 2.05 bits per heavy atom. The van der Waals surface area contributed by atoms with Crippen molar-refractivity contribution in [3.8, 4) is 0 Å². The molecular weight excluding hydrogens is 246 g/mol. The van der Waals surface area contributed by atoms with Gasteiger partial charge in [-0.1, -0.05) is 32.3 Å². The second kappa shape index (κ2) is 6.00. The van der Waals surface area contributed by atoms with Gasteiger partial charge in [0.2, 0.25) is 0 Å². The van der Waals surface area contributed by atoms with Gasteiger partial charge >= 0.3 is 0 Å². The highest BCUT2D eigenvalue weighted by atomic mass is 19.1. The Labute approximate surface area is 113 Å². The Balaban J connectivity index is 2.24. The normalized spacial score (nSPS) is 25.3. The molecule has 0 amide bonds. The summed E-state index contributed by atoms with van der Waals surface area (Å²) in [6.07, 6.45) is 3.97. The lowest BCUT2D eigenvalue weighted by molar-refractivity contribution is 0.0619. The van der Waals surface area contributed by atoms with Gasteiger partial charge in [-0.25, -0.2) is 8.78 Å². The zero-order valence-electron chi connectivity index (χ0n) is 11.6. The molecule has 1 saturated carbocycles. The van der Waals surface area contributed by atoms with Crippen LogP contribution in [0.1, 0.15) is 56.3 Å². The van der Waals surface area contributed by atoms with Crippen molar-refractivity contribution < 1.29 is 13.9 Å². The van der Waals surface area contributed by atoms with E-state index in [1.165, 1.54) is 18.6 Å². The van der Waals surface area contributed by atoms with E-state index in [2.05, 4.69) is 6.92 Å². The van der Waals surface area contributed by atoms with Gasteiger partial charge in [0.25, 0.3) is 0 Å². The van der Waals surface area contributed by atoms with E-state index in [9.17, 15) is 13.9 Å². The molecule has 0 aliphatic heterocycles. The van der Waals surface area contributed by atoms with Crippen molar-refractivity contribution in [2.75, 3.05) is 0 Å². The predicted molar refractivity (Wildman–Crippen MR) is 71.8 cm³/mol. The molecule has 0 radical (unpaired) electrons. The largest absolute Gasteiger partial charge is 0.388 e. The molecule has 0 spiro atoms. The molecule has 1 aliphatic carbocycles. The van der Waals surface area contributed by atoms with Crippen LogP contribution < -0.4 is 0 Å². The summed E-state index contributed by atoms with van der Waals surface area (Å²) in [5, 5.41) is 10.4. The highest BCUT2D eigenvalue weighted by Crippen LogP contribution is 2.40. The molecule has 3 heteroatoms. The van der Waals surface area contributed by atoms with Crippen LogP contribution in [0.15, 0.2) is 12.1 Å². The molecule has 1 fully saturated rings. The number of benzene rings is 1. The Morgan fingerprint density at radius 1 is 1.32 bits per heavy atom. The lowest BCUT2D eigenvalue weighted by Gasteiger charge is -2.32. The van der Waals surface area contributed by atoms with Crippen molar-refractivity contribution in [3.05, 3.63) is 34.9 Å². The first kappa shape index (κ1) is 14.4. The van der Waals surface area contributed by atoms with Gasteiger partial charge in [-0.2, -0.15) is 0 Å². The van der Waals surface area contributed by atoms with Crippen LogP contribution in [0.5, 0.6) is 0 Å². The monoisotopic (exact) mass is 268 g/mol. The number of aliphatic hydroxyl groups is 1. The van der Waals surface area contributed by atoms with Crippen LogP contribution in [0.4, 0.5) is 8.78 Å². The number of rotatable bonds is 3. The lowest BCUT2D eigenvalue weighted by atomic mass is 9.76. The molecule has 1 aromatic carbocycles. The van der Waals surface area contributed by atoms with Crippen LogP contribution in [0.3, 0.4) is 0 Å². The number of halogens is 2. The molecule has 19 heavy (non-hydrogen) atoms. The highest BCUT2D eigenvalue weighted by molar-refractivity contribution is 5.28. The van der Waals surface area contributed by atoms with Gasteiger partial charge in [0.05, 0.1) is 11.7 Å². The van der Waals surface area contributed by atoms with Gasteiger partial charge in [-0.3, -0.25) is 0 Å². The topological polar surface area (TPSA) is 20.2 Å². The van der Waals surface area contributed by atoms with E-state index < -0.39 is 17.7 Å². The first-order valence-corrected chi connectivity index (χ1v) is 7.17. The van der Waals surface area contributed by atoms with Gasteiger partial charge in [0.15, 0.2) is 0 Å². The molecule has 106 valence electrons. The molecule has 0 aromatic heterocycles. The lowest BCUT2D eigenvalue weighted by Crippen LogP contribution is -2.23. The van der Waals surface area contributed by atoms with E-state index in [0.717, 1.165) is 25.7 Å². The van der Waals surface area contributed by atoms with Crippen molar-refractivity contribution in [2.45, 2.75) is 52.1 Å². The number of aryl methyl sites for hydroxylation is 1. The number of hydrogen-bond donors (Lipinski definition) is 1. The molecule has 3 unspecified atom stereocenters. The van der Waals surface area contributed by atoms with Crippen LogP contribution in [0.25, 0.3) is 0 Å². The highest BCUT2D eigenvalue weighted by Gasteiger charge is 2.31. The number of hydrogen-bond acceptors (Lipinski definition) is 1. The SMILES string of the molecule is CCC1CCCC(C(O)c2c(F)ccc(C)c2F)C1. The summed E-state index contributed by atoms with van der Waals surface area (Å²) >= 11 is 0. The third-order valence-electron chi connectivity index (χ3n) is 4.46. The molecule has 1 nitrogen and oxygen atoms in total. The predicted octanol–water partition coefficient (Wildman–Crippen LogP) is 4.52. The van der Waals surface area contributed by atoms with Gasteiger partial charge < -0.3 is 5.11 Å². The first-order valence-electron chi connectivity index (χ1n) is 7.17. The molecule has 0 saturated heterocycles. The number of aliphatic hydroxyl groups excluding tert-OH is 1. The van der Waals surface area contributed by atoms with E-state index >= 15 is 0 Å². The molecule has 3 atom stereocenters. The van der Waals surface area contributed by atoms with Crippen molar-refractivity contribution in [3.63, 3.8) is 0 Å². The Bertz CT molecular complexity index is 445. The van der Waals surface area contributed by atoms with Gasteiger partial charge in [-0.15, -0.1) is 0 Å². The second-order valence-electron chi connectivity index (χ2n) is 5.74. The Kier molecular flexibility index (Phi) is 4.56. The summed E-state index contributed by atoms with van der Waals surface area (Å²) in [4.78, 5) is 0. The van der Waals surface area contributed by atoms with Crippen LogP contribution in [0.2, 0.25) is 0 Å². The quantitative estimate of drug-likeness (QED) is 0.854. The molecule has 1 aliphatic rings. The minimum atomic E-state index is -1.02. The summed E-state index contributed by atoms with van der Waals surface area (Å²) < 4.78 is 27.9. The van der Waals surface area contributed by atoms with Crippen LogP contribution in [0, 0.1) is 30.4 Å². The van der Waals surface area contributed by atoms with Crippen LogP contribution in [-0.4, -0.2) is 5.11 Å². The van der Waals surface area contributed by atoms with Gasteiger partial charge in [0, 0.05) is 0 Å². The van der Waals surface area contributed by atoms with Crippen molar-refractivity contribution in [1.82, 2.24) is 0 Å². The fourth-order valence-corrected chi connectivity index (χ4v) is 3.18. The van der Waals surface area contributed by atoms with E-state index in [0.29, 0.717) is 11.5 Å². The van der Waals surface area contributed by atoms with Crippen molar-refractivity contribution >= 4 is 0 Å². The second-order valence-corrected chi connectivity index (χ2v) is 5.74. The average molecular weight is 268 g/mol. The van der Waals surface area contributed by atoms with Gasteiger partial charge in [0.1, 0.15) is 11.6 Å². The minimum absolute atomic E-state index is 0.0236. The zero-order chi connectivity index (χ0) is 14.0. The third kappa shape index (κ3) is 2.97. The van der Waals surface area contributed by atoms with Crippen LogP contribution in [-0.2, 0) is 0 Å². The molecule has 1 aromatic rings. The molecular formula is C16H22F2O. The Hall–Kier alpha value is -0.960. The summed E-state index contributed by atoms with van der Waals surface area (Å²) in [6.45, 7) is 3.73. The fraction of sp³-hybridized carbons (Fsp3) is 0.625. The van der Waals surface area contributed by atoms with Crippen molar-refractivity contribution in [1.29, 1.82) is 0 Å². The fourth-order valence-electron chi connectivity index (χ4n) is 3.18. The van der Waals surface area contributed by atoms with Crippen LogP contribution >= 0.6 is 0 Å². The molecule has 0 heterocycles. The summed E-state index contributed by atoms with van der Waals surface area (Å²) in [7, 11) is 0. The average Bonchev–Trinajstić information content (AvgIpc) is 2.43. The van der Waals surface area contributed by atoms with Crippen molar-refractivity contribution in [2.24, 2.45) is 11.8 Å². The third-order valence-corrected chi connectivity index (χ3v) is 4.46. The molecule has 2 rings (SSSR count). The van der Waals surface area contributed by atoms with E-state index in [4.69, 9.17) is 0 Å². The maximum Gasteiger partial charge on any atom is 0.134 e. The zero-order valence-corrected chi connectivity index (χ0v) is 11.6. The summed E-state index contributed by atoms with van der Waals surface area (Å²) in [6, 6.07) is 2.66. The van der Waals surface area contributed by atoms with E-state index in [1.54, 1.807) is 6.92 Å². The molecule has 0 bridgehead atoms. The Morgan fingerprint density at radius 3 is 2.74 bits per heavy atom. The smallest absolute Gasteiger partial charge is 0.134 e. The standard InChI is InChI=1S/C16H22F2O/c1-3-11-5-4-6-12(9-11)16(19)14-13(17)8-7-10(2)15(14)18/h7-8,11-12,16,19H,3-6,9H2,1-2H3. The van der Waals surface area contributed by atoms with Gasteiger partial charge in [-0.05, 0) is 43.2 Å². The first-order chi connectivity index (χ1) is 9.04. The summed E-state index contributed by atoms with van der Waals surface area (Å²) in [5.74, 6) is -0.672. The van der Waals surface area contributed by atoms with E-state index in [-0.39, 0.29) is 11.5 Å². The molecule has 1 N–H and O–H groups in total. The maximum atomic E-state index is 14.0. The van der Waals surface area contributed by atoms with E-state index in [1.807, 2.05) is 0 Å². The minimum Gasteiger partial charge on any atom is -0.388 e.